The molecule has 2 aromatic heterocycles. The van der Waals surface area contributed by atoms with Crippen LogP contribution in [0.3, 0.4) is 0 Å². The first-order chi connectivity index (χ1) is 43.6. The van der Waals surface area contributed by atoms with Gasteiger partial charge in [-0.05, 0) is 152 Å². The second-order valence-corrected chi connectivity index (χ2v) is 28.0. The summed E-state index contributed by atoms with van der Waals surface area (Å²) in [7, 11) is -1.50. The van der Waals surface area contributed by atoms with E-state index in [1.165, 1.54) is 23.9 Å². The number of halogens is 2. The molecule has 498 valence electrons. The minimum Gasteiger partial charge on any atom is -0.489 e. The van der Waals surface area contributed by atoms with Gasteiger partial charge in [0.05, 0.1) is 124 Å². The number of likely N-dealkylation sites (tertiary alicyclic amines) is 1. The number of para-hydroxylation sites is 1. The van der Waals surface area contributed by atoms with Gasteiger partial charge in [0.1, 0.15) is 16.6 Å². The predicted molar refractivity (Wildman–Crippen MR) is 354 cm³/mol. The number of ether oxygens (including phenoxy) is 6. The number of nitrogens with zero attached hydrogens (tertiary/aromatic N) is 7. The molecule has 2 fully saturated rings. The van der Waals surface area contributed by atoms with Crippen molar-refractivity contribution >= 4 is 62.1 Å². The van der Waals surface area contributed by atoms with Crippen molar-refractivity contribution in [3.8, 4) is 5.75 Å². The smallest absolute Gasteiger partial charge is 0.241 e. The Morgan fingerprint density at radius 3 is 2.15 bits per heavy atom. The monoisotopic (exact) mass is 1300 g/mol. The summed E-state index contributed by atoms with van der Waals surface area (Å²) in [6, 6.07) is 19.8. The second-order valence-electron chi connectivity index (χ2n) is 25.1. The number of anilines is 5. The van der Waals surface area contributed by atoms with Crippen molar-refractivity contribution in [1.29, 1.82) is 0 Å². The van der Waals surface area contributed by atoms with E-state index in [9.17, 15) is 22.4 Å². The number of pyridine rings is 1. The first-order valence-electron chi connectivity index (χ1n) is 31.9. The number of nitrogens with one attached hydrogen (secondary N) is 4. The van der Waals surface area contributed by atoms with Gasteiger partial charge in [0, 0.05) is 63.0 Å². The number of hydrogen-bond donors (Lipinski definition) is 4. The molecule has 2 saturated heterocycles. The van der Waals surface area contributed by atoms with Gasteiger partial charge in [-0.15, -0.1) is 0 Å². The highest BCUT2D eigenvalue weighted by molar-refractivity contribution is 7.92. The fourth-order valence-electron chi connectivity index (χ4n) is 11.6. The molecule has 0 unspecified atom stereocenters. The Kier molecular flexibility index (Phi) is 26.7. The van der Waals surface area contributed by atoms with Gasteiger partial charge in [-0.3, -0.25) is 24.4 Å². The van der Waals surface area contributed by atoms with Crippen molar-refractivity contribution in [3.05, 3.63) is 118 Å². The van der Waals surface area contributed by atoms with E-state index in [0.29, 0.717) is 116 Å². The summed E-state index contributed by atoms with van der Waals surface area (Å²) in [5, 5.41) is 12.6. The van der Waals surface area contributed by atoms with E-state index >= 15 is 0 Å². The third kappa shape index (κ3) is 21.0. The molecule has 5 aromatic rings. The summed E-state index contributed by atoms with van der Waals surface area (Å²) < 4.78 is 74.8. The number of carbonyl (C=O) groups excluding carboxylic acids is 2. The van der Waals surface area contributed by atoms with Gasteiger partial charge in [-0.2, -0.15) is 4.98 Å². The standard InChI is InChI=1S/C67H95ClFN11O10S/c1-46(2)90-60-37-55(48(5)34-58(60)75-66-73-40-56(68)65(76-66)74-57-12-10-11-13-61(57)91(83,84)47(3)4)52-18-21-78(22-19-52)43-62(81)70-20-24-85-26-28-87-30-32-89-33-31-88-29-27-86-25-23-77(9)42-54-39-71-49(6)41-79(54)44-63(82)80-45-67(7,8)64-59(80)36-51(38-72-64)35-50-14-16-53(69)17-15-50/h10-17,34,36-38,40,46-47,49,52,54,71H,18-33,35,39,41-45H2,1-9H3,(H,70,81)(H2,73,74,75,76)/t49-,54-/m1/s1. The molecule has 5 heterocycles. The van der Waals surface area contributed by atoms with E-state index in [4.69, 9.17) is 45.0 Å². The highest BCUT2D eigenvalue weighted by atomic mass is 35.5. The van der Waals surface area contributed by atoms with Gasteiger partial charge in [0.2, 0.25) is 17.8 Å². The maximum atomic E-state index is 14.1. The summed E-state index contributed by atoms with van der Waals surface area (Å²) in [4.78, 5) is 49.7. The highest BCUT2D eigenvalue weighted by Gasteiger charge is 2.41. The lowest BCUT2D eigenvalue weighted by molar-refractivity contribution is -0.123. The molecule has 0 radical (unpaired) electrons. The maximum absolute atomic E-state index is 14.1. The fourth-order valence-corrected chi connectivity index (χ4v) is 12.9. The van der Waals surface area contributed by atoms with Crippen LogP contribution in [-0.2, 0) is 54.9 Å². The summed E-state index contributed by atoms with van der Waals surface area (Å²) in [5.74, 6) is 1.21. The Balaban J connectivity index is 0.631. The molecule has 0 saturated carbocycles. The number of fused-ring (bicyclic) bond motifs is 1. The van der Waals surface area contributed by atoms with Crippen LogP contribution in [0.2, 0.25) is 5.02 Å². The summed E-state index contributed by atoms with van der Waals surface area (Å²) in [6.45, 7) is 26.5. The summed E-state index contributed by atoms with van der Waals surface area (Å²) in [6.07, 6.45) is 5.62. The number of aromatic nitrogens is 3. The largest absolute Gasteiger partial charge is 0.489 e. The number of piperazine rings is 1. The van der Waals surface area contributed by atoms with Crippen LogP contribution in [0.15, 0.2) is 84.0 Å². The summed E-state index contributed by atoms with van der Waals surface area (Å²) >= 11 is 6.53. The molecule has 0 aliphatic carbocycles. The Bertz CT molecular complexity index is 3270. The zero-order chi connectivity index (χ0) is 65.1. The number of benzene rings is 3. The van der Waals surface area contributed by atoms with Crippen molar-refractivity contribution < 1.29 is 50.8 Å². The molecule has 24 heteroatoms. The molecule has 3 aliphatic heterocycles. The zero-order valence-electron chi connectivity index (χ0n) is 54.5. The van der Waals surface area contributed by atoms with Gasteiger partial charge in [-0.25, -0.2) is 17.8 Å². The normalized spacial score (nSPS) is 17.3. The van der Waals surface area contributed by atoms with Gasteiger partial charge >= 0.3 is 0 Å². The molecular formula is C67H95ClFN11O10S. The van der Waals surface area contributed by atoms with Gasteiger partial charge in [-0.1, -0.05) is 49.7 Å². The number of aryl methyl sites for hydroxylation is 1. The molecular weight excluding hydrogens is 1210 g/mol. The fraction of sp³-hybridized carbons (Fsp3) is 0.567. The van der Waals surface area contributed by atoms with Crippen molar-refractivity contribution in [2.24, 2.45) is 0 Å². The number of carbonyl (C=O) groups is 2. The lowest BCUT2D eigenvalue weighted by Crippen LogP contribution is -2.60. The number of likely N-dealkylation sites (N-methyl/N-ethyl adjacent to an activating group) is 1. The average molecular weight is 1300 g/mol. The Morgan fingerprint density at radius 2 is 1.48 bits per heavy atom. The van der Waals surface area contributed by atoms with Crippen LogP contribution < -0.4 is 30.9 Å². The van der Waals surface area contributed by atoms with E-state index in [1.807, 2.05) is 31.0 Å². The van der Waals surface area contributed by atoms with E-state index in [-0.39, 0.29) is 68.8 Å². The van der Waals surface area contributed by atoms with Gasteiger partial charge < -0.3 is 59.5 Å². The molecule has 3 aliphatic rings. The van der Waals surface area contributed by atoms with E-state index in [2.05, 4.69) is 92.8 Å². The van der Waals surface area contributed by atoms with Crippen molar-refractivity contribution in [2.75, 3.05) is 154 Å². The number of piperidine rings is 1. The minimum absolute atomic E-state index is 0.0367. The van der Waals surface area contributed by atoms with Crippen molar-refractivity contribution in [2.45, 2.75) is 114 Å². The van der Waals surface area contributed by atoms with E-state index in [0.717, 1.165) is 80.2 Å². The zero-order valence-corrected chi connectivity index (χ0v) is 56.1. The molecule has 21 nitrogen and oxygen atoms in total. The number of sulfone groups is 1. The average Bonchev–Trinajstić information content (AvgIpc) is 1.66. The maximum Gasteiger partial charge on any atom is 0.241 e. The van der Waals surface area contributed by atoms with Crippen molar-refractivity contribution in [3.63, 3.8) is 0 Å². The first kappa shape index (κ1) is 70.9. The van der Waals surface area contributed by atoms with E-state index < -0.39 is 15.1 Å². The van der Waals surface area contributed by atoms with Gasteiger partial charge in [0.25, 0.3) is 0 Å². The van der Waals surface area contributed by atoms with Crippen LogP contribution in [0.25, 0.3) is 0 Å². The molecule has 0 spiro atoms. The molecule has 2 amide bonds. The number of hydrogen-bond acceptors (Lipinski definition) is 19. The van der Waals surface area contributed by atoms with Crippen LogP contribution in [0.4, 0.5) is 33.2 Å². The van der Waals surface area contributed by atoms with Gasteiger partial charge in [0.15, 0.2) is 15.7 Å². The lowest BCUT2D eigenvalue weighted by atomic mass is 9.86. The summed E-state index contributed by atoms with van der Waals surface area (Å²) in [5.41, 5.74) is 6.82. The quantitative estimate of drug-likeness (QED) is 0.0280. The SMILES string of the molecule is Cc1cc(Nc2ncc(Cl)c(Nc3ccccc3S(=O)(=O)C(C)C)n2)c(OC(C)C)cc1C1CCN(CC(=O)NCCOCCOCCOCCOCCOCCN(C)C[C@H]2CN[C@H](C)CN2CC(=O)N2CC(C)(C)c3ncc(Cc4ccc(F)cc4)cc32)CC1. The Hall–Kier alpha value is -5.96. The van der Waals surface area contributed by atoms with Crippen LogP contribution in [0.1, 0.15) is 95.2 Å². The van der Waals surface area contributed by atoms with Crippen molar-refractivity contribution in [1.82, 2.24) is 40.3 Å². The first-order valence-corrected chi connectivity index (χ1v) is 33.8. The third-order valence-electron chi connectivity index (χ3n) is 16.5. The molecule has 4 N–H and O–H groups in total. The molecule has 91 heavy (non-hydrogen) atoms. The topological polar surface area (TPSA) is 223 Å². The molecule has 3 aromatic carbocycles. The predicted octanol–water partition coefficient (Wildman–Crippen LogP) is 8.32. The number of rotatable bonds is 35. The van der Waals surface area contributed by atoms with Crippen LogP contribution in [-0.4, -0.2) is 212 Å². The Morgan fingerprint density at radius 1 is 0.824 bits per heavy atom. The molecule has 8 rings (SSSR count). The van der Waals surface area contributed by atoms with E-state index in [1.54, 1.807) is 50.2 Å². The lowest BCUT2D eigenvalue weighted by Gasteiger charge is -2.41. The Labute approximate surface area is 542 Å². The van der Waals surface area contributed by atoms with Crippen LogP contribution in [0, 0.1) is 12.7 Å². The molecule has 0 bridgehead atoms. The molecule has 2 atom stereocenters. The van der Waals surface area contributed by atoms with Crippen LogP contribution >= 0.6 is 11.6 Å². The van der Waals surface area contributed by atoms with Crippen LogP contribution in [0.5, 0.6) is 5.75 Å². The minimum atomic E-state index is -3.59. The number of amides is 2. The third-order valence-corrected chi connectivity index (χ3v) is 19.0. The second kappa shape index (κ2) is 34.3. The highest BCUT2D eigenvalue weighted by Crippen LogP contribution is 2.41.